The van der Waals surface area contributed by atoms with Crippen LogP contribution in [0.15, 0.2) is 84.9 Å². The Labute approximate surface area is 207 Å². The number of carboxylic acid groups (broad SMARTS) is 1. The number of rotatable bonds is 7. The van der Waals surface area contributed by atoms with Crippen molar-refractivity contribution in [1.29, 1.82) is 0 Å². The van der Waals surface area contributed by atoms with Crippen LogP contribution in [-0.2, 0) is 6.42 Å². The first-order valence-corrected chi connectivity index (χ1v) is 12.6. The van der Waals surface area contributed by atoms with Crippen molar-refractivity contribution in [2.45, 2.75) is 45.1 Å². The van der Waals surface area contributed by atoms with Crippen molar-refractivity contribution in [3.63, 3.8) is 0 Å². The van der Waals surface area contributed by atoms with E-state index in [2.05, 4.69) is 85.0 Å². The van der Waals surface area contributed by atoms with Crippen molar-refractivity contribution in [3.8, 4) is 0 Å². The molecule has 3 atom stereocenters. The van der Waals surface area contributed by atoms with Crippen LogP contribution in [-0.4, -0.2) is 17.6 Å². The molecule has 0 saturated heterocycles. The molecule has 1 aliphatic rings. The molecule has 0 bridgehead atoms. The second kappa shape index (κ2) is 10.1. The fourth-order valence-corrected chi connectivity index (χ4v) is 5.84. The Hall–Kier alpha value is -3.43. The van der Waals surface area contributed by atoms with Gasteiger partial charge in [0.05, 0.1) is 5.56 Å². The first-order chi connectivity index (χ1) is 17.0. The summed E-state index contributed by atoms with van der Waals surface area (Å²) < 4.78 is 0. The van der Waals surface area contributed by atoms with Crippen molar-refractivity contribution in [2.24, 2.45) is 5.92 Å². The molecule has 1 aliphatic carbocycles. The molecular formula is C32H33NO2. The van der Waals surface area contributed by atoms with Gasteiger partial charge in [-0.3, -0.25) is 0 Å². The molecule has 2 unspecified atom stereocenters. The smallest absolute Gasteiger partial charge is 0.335 e. The molecule has 35 heavy (non-hydrogen) atoms. The molecule has 2 N–H and O–H groups in total. The van der Waals surface area contributed by atoms with E-state index in [-0.39, 0.29) is 0 Å². The topological polar surface area (TPSA) is 49.3 Å². The first kappa shape index (κ1) is 23.3. The molecule has 3 nitrogen and oxygen atoms in total. The van der Waals surface area contributed by atoms with Crippen LogP contribution in [0.25, 0.3) is 10.8 Å². The predicted molar refractivity (Wildman–Crippen MR) is 143 cm³/mol. The second-order valence-electron chi connectivity index (χ2n) is 9.97. The number of nitrogens with one attached hydrogen (secondary N) is 1. The van der Waals surface area contributed by atoms with Gasteiger partial charge in [-0.2, -0.15) is 0 Å². The van der Waals surface area contributed by atoms with Crippen LogP contribution < -0.4 is 5.32 Å². The quantitative estimate of drug-likeness (QED) is 0.303. The minimum Gasteiger partial charge on any atom is -0.478 e. The Morgan fingerprint density at radius 3 is 2.60 bits per heavy atom. The zero-order chi connectivity index (χ0) is 24.4. The van der Waals surface area contributed by atoms with E-state index < -0.39 is 5.97 Å². The number of hydrogen-bond donors (Lipinski definition) is 2. The summed E-state index contributed by atoms with van der Waals surface area (Å²) in [6.45, 7) is 5.13. The lowest BCUT2D eigenvalue weighted by Crippen LogP contribution is -2.26. The van der Waals surface area contributed by atoms with Gasteiger partial charge in [-0.1, -0.05) is 78.9 Å². The molecule has 178 valence electrons. The number of aryl methyl sites for hydroxylation is 1. The van der Waals surface area contributed by atoms with Crippen molar-refractivity contribution in [2.75, 3.05) is 6.54 Å². The van der Waals surface area contributed by atoms with Crippen LogP contribution in [0.1, 0.15) is 69.9 Å². The van der Waals surface area contributed by atoms with E-state index in [9.17, 15) is 9.90 Å². The highest BCUT2D eigenvalue weighted by atomic mass is 16.4. The number of carboxylic acids is 1. The van der Waals surface area contributed by atoms with Crippen molar-refractivity contribution in [3.05, 3.63) is 118 Å². The van der Waals surface area contributed by atoms with Crippen LogP contribution in [0.2, 0.25) is 0 Å². The van der Waals surface area contributed by atoms with Gasteiger partial charge in [-0.05, 0) is 90.2 Å². The van der Waals surface area contributed by atoms with Gasteiger partial charge < -0.3 is 10.4 Å². The summed E-state index contributed by atoms with van der Waals surface area (Å²) in [5, 5.41) is 15.8. The van der Waals surface area contributed by atoms with Crippen LogP contribution in [0.4, 0.5) is 0 Å². The van der Waals surface area contributed by atoms with E-state index in [1.807, 2.05) is 13.0 Å². The number of carbonyl (C=O) groups is 1. The fourth-order valence-electron chi connectivity index (χ4n) is 5.84. The average molecular weight is 464 g/mol. The molecule has 0 aliphatic heterocycles. The lowest BCUT2D eigenvalue weighted by atomic mass is 9.72. The third-order valence-corrected chi connectivity index (χ3v) is 7.68. The Morgan fingerprint density at radius 1 is 1.00 bits per heavy atom. The summed E-state index contributed by atoms with van der Waals surface area (Å²) in [5.74, 6) is 0.0333. The molecular weight excluding hydrogens is 430 g/mol. The minimum atomic E-state index is -0.859. The van der Waals surface area contributed by atoms with Gasteiger partial charge in [0.2, 0.25) is 0 Å². The second-order valence-corrected chi connectivity index (χ2v) is 9.97. The summed E-state index contributed by atoms with van der Waals surface area (Å²) >= 11 is 0. The van der Waals surface area contributed by atoms with Crippen LogP contribution >= 0.6 is 0 Å². The standard InChI is InChI=1S/C32H33NO2/c1-21-18-26(14-15-27(21)32(34)35)31-20-23(19-25-9-4-6-12-30(25)31)16-17-33-22(2)28-13-7-10-24-8-3-5-11-29(24)28/h3-15,18,22-23,31,33H,16-17,19-20H2,1-2H3,(H,34,35)/t22-,23?,31?/m1/s1. The SMILES string of the molecule is Cc1cc(C2CC(CCN[C@H](C)c3cccc4ccccc34)Cc3ccccc32)ccc1C(=O)O. The highest BCUT2D eigenvalue weighted by Crippen LogP contribution is 2.40. The molecule has 4 aromatic rings. The van der Waals surface area contributed by atoms with Gasteiger partial charge >= 0.3 is 5.97 Å². The third kappa shape index (κ3) is 4.87. The van der Waals surface area contributed by atoms with Gasteiger partial charge in [0.25, 0.3) is 0 Å². The number of hydrogen-bond acceptors (Lipinski definition) is 2. The summed E-state index contributed by atoms with van der Waals surface area (Å²) in [6.07, 6.45) is 3.31. The molecule has 5 rings (SSSR count). The zero-order valence-electron chi connectivity index (χ0n) is 20.5. The summed E-state index contributed by atoms with van der Waals surface area (Å²) in [7, 11) is 0. The van der Waals surface area contributed by atoms with E-state index in [1.54, 1.807) is 6.07 Å². The van der Waals surface area contributed by atoms with E-state index in [0.717, 1.165) is 31.4 Å². The third-order valence-electron chi connectivity index (χ3n) is 7.68. The molecule has 0 saturated carbocycles. The summed E-state index contributed by atoms with van der Waals surface area (Å²) in [6, 6.07) is 30.1. The molecule has 0 heterocycles. The van der Waals surface area contributed by atoms with Crippen LogP contribution in [0.3, 0.4) is 0 Å². The highest BCUT2D eigenvalue weighted by Gasteiger charge is 2.28. The average Bonchev–Trinajstić information content (AvgIpc) is 2.87. The fraction of sp³-hybridized carbons (Fsp3) is 0.281. The summed E-state index contributed by atoms with van der Waals surface area (Å²) in [5.41, 5.74) is 6.62. The molecule has 0 amide bonds. The van der Waals surface area contributed by atoms with Gasteiger partial charge in [-0.15, -0.1) is 0 Å². The van der Waals surface area contributed by atoms with Crippen molar-refractivity contribution < 1.29 is 9.90 Å². The van der Waals surface area contributed by atoms with Gasteiger partial charge in [0.1, 0.15) is 0 Å². The van der Waals surface area contributed by atoms with E-state index in [1.165, 1.54) is 33.0 Å². The molecule has 0 aromatic heterocycles. The van der Waals surface area contributed by atoms with E-state index >= 15 is 0 Å². The van der Waals surface area contributed by atoms with Gasteiger partial charge in [-0.25, -0.2) is 4.79 Å². The maximum atomic E-state index is 11.5. The molecule has 4 aromatic carbocycles. The normalized spacial score (nSPS) is 18.2. The number of benzene rings is 4. The van der Waals surface area contributed by atoms with Crippen LogP contribution in [0.5, 0.6) is 0 Å². The van der Waals surface area contributed by atoms with Gasteiger partial charge in [0.15, 0.2) is 0 Å². The van der Waals surface area contributed by atoms with Gasteiger partial charge in [0, 0.05) is 12.0 Å². The maximum absolute atomic E-state index is 11.5. The Kier molecular flexibility index (Phi) is 6.70. The molecule has 0 fully saturated rings. The first-order valence-electron chi connectivity index (χ1n) is 12.6. The Balaban J connectivity index is 1.30. The van der Waals surface area contributed by atoms with Crippen LogP contribution in [0, 0.1) is 12.8 Å². The largest absolute Gasteiger partial charge is 0.478 e. The number of fused-ring (bicyclic) bond motifs is 2. The monoisotopic (exact) mass is 463 g/mol. The van der Waals surface area contributed by atoms with E-state index in [4.69, 9.17) is 0 Å². The minimum absolute atomic E-state index is 0.291. The van der Waals surface area contributed by atoms with Crippen molar-refractivity contribution in [1.82, 2.24) is 5.32 Å². The molecule has 0 radical (unpaired) electrons. The Morgan fingerprint density at radius 2 is 1.77 bits per heavy atom. The maximum Gasteiger partial charge on any atom is 0.335 e. The lowest BCUT2D eigenvalue weighted by Gasteiger charge is -2.33. The molecule has 3 heteroatoms. The zero-order valence-corrected chi connectivity index (χ0v) is 20.5. The lowest BCUT2D eigenvalue weighted by molar-refractivity contribution is 0.0696. The summed E-state index contributed by atoms with van der Waals surface area (Å²) in [4.78, 5) is 11.5. The Bertz CT molecular complexity index is 1350. The highest BCUT2D eigenvalue weighted by molar-refractivity contribution is 5.89. The van der Waals surface area contributed by atoms with Crippen molar-refractivity contribution >= 4 is 16.7 Å². The number of aromatic carboxylic acids is 1. The predicted octanol–water partition coefficient (Wildman–Crippen LogP) is 7.28. The van der Waals surface area contributed by atoms with E-state index in [0.29, 0.717) is 23.4 Å². The molecule has 0 spiro atoms.